The average Bonchev–Trinajstić information content (AvgIpc) is 2.21. The topological polar surface area (TPSA) is 0 Å². The smallest absolute Gasteiger partial charge is 1.00 e. The summed E-state index contributed by atoms with van der Waals surface area (Å²) in [5.41, 5.74) is 2.50. The van der Waals surface area contributed by atoms with Crippen LogP contribution in [0.1, 0.15) is 0 Å². The number of benzene rings is 2. The third kappa shape index (κ3) is 3.33. The van der Waals surface area contributed by atoms with Crippen LogP contribution in [0, 0.1) is 6.07 Å². The maximum Gasteiger partial charge on any atom is 2.00 e. The summed E-state index contributed by atoms with van der Waals surface area (Å²) >= 11 is 0. The molecule has 0 aliphatic heterocycles. The minimum absolute atomic E-state index is 0. The van der Waals surface area contributed by atoms with Crippen molar-refractivity contribution in [1.82, 2.24) is 0 Å². The van der Waals surface area contributed by atoms with Crippen molar-refractivity contribution in [1.29, 1.82) is 0 Å². The fraction of sp³-hybridized carbons (Fsp3) is 0. The Labute approximate surface area is 107 Å². The molecular formula is C12H9ClMg. The van der Waals surface area contributed by atoms with Gasteiger partial charge in [-0.1, -0.05) is 30.3 Å². The Hall–Kier alpha value is -0.504. The number of halogens is 1. The zero-order valence-corrected chi connectivity index (χ0v) is 9.95. The molecule has 0 fully saturated rings. The van der Waals surface area contributed by atoms with Gasteiger partial charge >= 0.3 is 23.1 Å². The molecule has 0 atom stereocenters. The predicted octanol–water partition coefficient (Wildman–Crippen LogP) is -0.223. The van der Waals surface area contributed by atoms with Crippen molar-refractivity contribution >= 4 is 23.1 Å². The Morgan fingerprint density at radius 1 is 0.714 bits per heavy atom. The molecule has 2 rings (SSSR count). The molecule has 0 unspecified atom stereocenters. The molecular weight excluding hydrogens is 204 g/mol. The summed E-state index contributed by atoms with van der Waals surface area (Å²) in [6, 6.07) is 21.3. The maximum atomic E-state index is 3.00. The van der Waals surface area contributed by atoms with Gasteiger partial charge in [-0.15, -0.1) is 5.56 Å². The van der Waals surface area contributed by atoms with E-state index in [9.17, 15) is 0 Å². The fourth-order valence-electron chi connectivity index (χ4n) is 1.21. The minimum atomic E-state index is 0. The first-order valence-corrected chi connectivity index (χ1v) is 3.98. The Morgan fingerprint density at radius 3 is 1.79 bits per heavy atom. The van der Waals surface area contributed by atoms with E-state index in [-0.39, 0.29) is 35.5 Å². The minimum Gasteiger partial charge on any atom is -1.00 e. The Kier molecular flexibility index (Phi) is 6.63. The van der Waals surface area contributed by atoms with Gasteiger partial charge in [-0.05, 0) is 5.56 Å². The first-order chi connectivity index (χ1) is 5.97. The van der Waals surface area contributed by atoms with Crippen LogP contribution in [0.4, 0.5) is 0 Å². The molecule has 2 aromatic rings. The van der Waals surface area contributed by atoms with Crippen LogP contribution in [0.2, 0.25) is 0 Å². The molecule has 0 N–H and O–H groups in total. The molecule has 0 aliphatic rings. The van der Waals surface area contributed by atoms with E-state index in [0.29, 0.717) is 0 Å². The number of rotatable bonds is 1. The van der Waals surface area contributed by atoms with E-state index in [1.807, 2.05) is 30.3 Å². The summed E-state index contributed by atoms with van der Waals surface area (Å²) in [7, 11) is 0. The zero-order chi connectivity index (χ0) is 8.23. The van der Waals surface area contributed by atoms with Crippen LogP contribution in [-0.4, -0.2) is 23.1 Å². The van der Waals surface area contributed by atoms with Crippen molar-refractivity contribution in [2.45, 2.75) is 0 Å². The van der Waals surface area contributed by atoms with Crippen molar-refractivity contribution in [3.8, 4) is 11.1 Å². The number of hydrogen-bond acceptors (Lipinski definition) is 0. The average molecular weight is 213 g/mol. The molecule has 0 heterocycles. The molecule has 0 bridgehead atoms. The second kappa shape index (κ2) is 6.88. The predicted molar refractivity (Wildman–Crippen MR) is 56.5 cm³/mol. The van der Waals surface area contributed by atoms with Gasteiger partial charge in [-0.25, -0.2) is 0 Å². The van der Waals surface area contributed by atoms with Crippen molar-refractivity contribution in [3.63, 3.8) is 0 Å². The molecule has 0 spiro atoms. The Bertz CT molecular complexity index is 308. The van der Waals surface area contributed by atoms with E-state index in [2.05, 4.69) is 30.3 Å². The van der Waals surface area contributed by atoms with Gasteiger partial charge < -0.3 is 12.4 Å². The molecule has 0 radical (unpaired) electrons. The van der Waals surface area contributed by atoms with Crippen LogP contribution in [0.3, 0.4) is 0 Å². The number of hydrogen-bond donors (Lipinski definition) is 0. The first kappa shape index (κ1) is 13.5. The molecule has 0 aliphatic carbocycles. The Morgan fingerprint density at radius 2 is 1.21 bits per heavy atom. The summed E-state index contributed by atoms with van der Waals surface area (Å²) in [5, 5.41) is 0. The standard InChI is InChI=1S/C12H9.ClH.Mg/c1-3-7-11(8-4-1)12-9-5-2-6-10-12;;/h1,3-10H;1H;/q-1;;+2/p-1. The van der Waals surface area contributed by atoms with Crippen molar-refractivity contribution in [3.05, 3.63) is 60.7 Å². The zero-order valence-electron chi connectivity index (χ0n) is 7.78. The third-order valence-corrected chi connectivity index (χ3v) is 1.83. The van der Waals surface area contributed by atoms with Gasteiger partial charge in [0.1, 0.15) is 0 Å². The molecule has 0 amide bonds. The molecule has 0 saturated carbocycles. The van der Waals surface area contributed by atoms with Crippen LogP contribution in [0.25, 0.3) is 11.1 Å². The molecule has 66 valence electrons. The molecule has 14 heavy (non-hydrogen) atoms. The van der Waals surface area contributed by atoms with E-state index < -0.39 is 0 Å². The van der Waals surface area contributed by atoms with Crippen molar-refractivity contribution in [2.75, 3.05) is 0 Å². The summed E-state index contributed by atoms with van der Waals surface area (Å²) < 4.78 is 0. The second-order valence-electron chi connectivity index (χ2n) is 2.65. The van der Waals surface area contributed by atoms with Gasteiger partial charge in [0.15, 0.2) is 0 Å². The van der Waals surface area contributed by atoms with E-state index in [4.69, 9.17) is 0 Å². The second-order valence-corrected chi connectivity index (χ2v) is 2.65. The molecule has 0 saturated heterocycles. The molecule has 2 heteroatoms. The van der Waals surface area contributed by atoms with Crippen LogP contribution in [0.15, 0.2) is 54.6 Å². The van der Waals surface area contributed by atoms with Gasteiger partial charge in [0.25, 0.3) is 0 Å². The van der Waals surface area contributed by atoms with Crippen LogP contribution >= 0.6 is 0 Å². The van der Waals surface area contributed by atoms with Crippen LogP contribution < -0.4 is 12.4 Å². The van der Waals surface area contributed by atoms with Gasteiger partial charge in [0.05, 0.1) is 0 Å². The monoisotopic (exact) mass is 212 g/mol. The normalized spacial score (nSPS) is 8.29. The summed E-state index contributed by atoms with van der Waals surface area (Å²) in [4.78, 5) is 0. The van der Waals surface area contributed by atoms with Gasteiger partial charge in [-0.2, -0.15) is 30.3 Å². The SMILES string of the molecule is [Cl-].[Mg+2].[c-]1ccc(-c2ccccc2)cc1. The van der Waals surface area contributed by atoms with E-state index in [1.54, 1.807) is 0 Å². The third-order valence-electron chi connectivity index (χ3n) is 1.83. The summed E-state index contributed by atoms with van der Waals surface area (Å²) in [5.74, 6) is 0. The molecule has 0 nitrogen and oxygen atoms in total. The first-order valence-electron chi connectivity index (χ1n) is 3.98. The van der Waals surface area contributed by atoms with Gasteiger partial charge in [-0.3, -0.25) is 0 Å². The van der Waals surface area contributed by atoms with E-state index in [0.717, 1.165) is 0 Å². The summed E-state index contributed by atoms with van der Waals surface area (Å²) in [6.45, 7) is 0. The Balaban J connectivity index is 0.000000845. The van der Waals surface area contributed by atoms with Crippen LogP contribution in [-0.2, 0) is 0 Å². The maximum absolute atomic E-state index is 3.00. The van der Waals surface area contributed by atoms with E-state index >= 15 is 0 Å². The molecule has 2 aromatic carbocycles. The van der Waals surface area contributed by atoms with E-state index in [1.165, 1.54) is 11.1 Å². The quantitative estimate of drug-likeness (QED) is 0.453. The van der Waals surface area contributed by atoms with Crippen molar-refractivity contribution < 1.29 is 12.4 Å². The van der Waals surface area contributed by atoms with Gasteiger partial charge in [0.2, 0.25) is 0 Å². The van der Waals surface area contributed by atoms with Crippen LogP contribution in [0.5, 0.6) is 0 Å². The summed E-state index contributed by atoms with van der Waals surface area (Å²) in [6.07, 6.45) is 0. The largest absolute Gasteiger partial charge is 2.00 e. The van der Waals surface area contributed by atoms with Gasteiger partial charge in [0, 0.05) is 0 Å². The van der Waals surface area contributed by atoms with Crippen molar-refractivity contribution in [2.24, 2.45) is 0 Å². The molecule has 0 aromatic heterocycles. The fourth-order valence-corrected chi connectivity index (χ4v) is 1.21.